The van der Waals surface area contributed by atoms with Crippen LogP contribution in [0.2, 0.25) is 0 Å². The van der Waals surface area contributed by atoms with E-state index < -0.39 is 0 Å². The van der Waals surface area contributed by atoms with Crippen molar-refractivity contribution in [3.63, 3.8) is 0 Å². The number of para-hydroxylation sites is 2. The lowest BCUT2D eigenvalue weighted by atomic mass is 9.75. The standard InChI is InChI=1S/C31H23FN2/c32-21-12-8-11-20(17-21)28-27(19-9-2-1-3-10-19)30(24-18-33-25-15-6-4-13-22(24)25)31-29(28)23-14-5-7-16-26(23)34-31/h1-18,27-28,30,33-34H/t27-,28-,30+/m0/s1. The second-order valence-corrected chi connectivity index (χ2v) is 9.23. The SMILES string of the molecule is Fc1cccc([C@@H]2c3c([nH]c4ccccc34)[C@H](c3c[nH]c4ccccc34)[C@H]2c2ccccc2)c1. The third kappa shape index (κ3) is 2.80. The first-order chi connectivity index (χ1) is 16.8. The maximum absolute atomic E-state index is 14.5. The van der Waals surface area contributed by atoms with Crippen molar-refractivity contribution >= 4 is 21.8 Å². The van der Waals surface area contributed by atoms with E-state index >= 15 is 0 Å². The van der Waals surface area contributed by atoms with Crippen LogP contribution in [0.4, 0.5) is 4.39 Å². The Labute approximate surface area is 197 Å². The zero-order valence-corrected chi connectivity index (χ0v) is 18.5. The van der Waals surface area contributed by atoms with Gasteiger partial charge in [-0.1, -0.05) is 78.9 Å². The number of hydrogen-bond acceptors (Lipinski definition) is 0. The molecule has 2 nitrogen and oxygen atoms in total. The second kappa shape index (κ2) is 7.46. The minimum atomic E-state index is -0.193. The van der Waals surface area contributed by atoms with Gasteiger partial charge in [0, 0.05) is 51.5 Å². The molecule has 2 aromatic heterocycles. The molecule has 0 unspecified atom stereocenters. The molecule has 2 heterocycles. The summed E-state index contributed by atoms with van der Waals surface area (Å²) in [5.41, 5.74) is 8.33. The van der Waals surface area contributed by atoms with E-state index in [1.807, 2.05) is 6.07 Å². The molecule has 0 spiro atoms. The van der Waals surface area contributed by atoms with E-state index in [4.69, 9.17) is 0 Å². The summed E-state index contributed by atoms with van der Waals surface area (Å²) in [5.74, 6) is 0.0754. The van der Waals surface area contributed by atoms with Crippen LogP contribution in [0.5, 0.6) is 0 Å². The molecule has 0 fully saturated rings. The van der Waals surface area contributed by atoms with Crippen LogP contribution in [-0.2, 0) is 0 Å². The molecular weight excluding hydrogens is 419 g/mol. The van der Waals surface area contributed by atoms with Crippen LogP contribution in [0.15, 0.2) is 109 Å². The highest BCUT2D eigenvalue weighted by Crippen LogP contribution is 2.59. The third-order valence-electron chi connectivity index (χ3n) is 7.47. The van der Waals surface area contributed by atoms with Gasteiger partial charge in [-0.3, -0.25) is 0 Å². The molecule has 4 aromatic carbocycles. The van der Waals surface area contributed by atoms with Crippen LogP contribution in [0.25, 0.3) is 21.8 Å². The Morgan fingerprint density at radius 1 is 0.618 bits per heavy atom. The van der Waals surface area contributed by atoms with Crippen LogP contribution in [0.3, 0.4) is 0 Å². The average Bonchev–Trinajstić information content (AvgIpc) is 3.55. The zero-order chi connectivity index (χ0) is 22.6. The number of rotatable bonds is 3. The third-order valence-corrected chi connectivity index (χ3v) is 7.47. The smallest absolute Gasteiger partial charge is 0.123 e. The van der Waals surface area contributed by atoms with Gasteiger partial charge in [0.1, 0.15) is 5.82 Å². The number of aromatic amines is 2. The maximum Gasteiger partial charge on any atom is 0.123 e. The van der Waals surface area contributed by atoms with Crippen molar-refractivity contribution in [2.45, 2.75) is 17.8 Å². The summed E-state index contributed by atoms with van der Waals surface area (Å²) in [6.45, 7) is 0. The number of halogens is 1. The van der Waals surface area contributed by atoms with E-state index in [0.29, 0.717) is 0 Å². The maximum atomic E-state index is 14.5. The van der Waals surface area contributed by atoms with Gasteiger partial charge in [0.15, 0.2) is 0 Å². The fourth-order valence-electron chi connectivity index (χ4n) is 6.15. The van der Waals surface area contributed by atoms with E-state index in [1.54, 1.807) is 6.07 Å². The van der Waals surface area contributed by atoms with Crippen molar-refractivity contribution < 1.29 is 4.39 Å². The summed E-state index contributed by atoms with van der Waals surface area (Å²) >= 11 is 0. The first-order valence-corrected chi connectivity index (χ1v) is 11.8. The molecule has 0 radical (unpaired) electrons. The summed E-state index contributed by atoms with van der Waals surface area (Å²) in [7, 11) is 0. The van der Waals surface area contributed by atoms with Gasteiger partial charge in [-0.15, -0.1) is 0 Å². The van der Waals surface area contributed by atoms with Crippen LogP contribution in [0.1, 0.15) is 45.7 Å². The van der Waals surface area contributed by atoms with Gasteiger partial charge in [-0.2, -0.15) is 0 Å². The van der Waals surface area contributed by atoms with E-state index in [2.05, 4.69) is 101 Å². The van der Waals surface area contributed by atoms with Gasteiger partial charge in [0.05, 0.1) is 0 Å². The zero-order valence-electron chi connectivity index (χ0n) is 18.5. The molecule has 34 heavy (non-hydrogen) atoms. The Kier molecular flexibility index (Phi) is 4.25. The number of nitrogens with one attached hydrogen (secondary N) is 2. The number of H-pyrrole nitrogens is 2. The number of aromatic nitrogens is 2. The van der Waals surface area contributed by atoms with Crippen molar-refractivity contribution in [3.05, 3.63) is 143 Å². The number of hydrogen-bond donors (Lipinski definition) is 2. The van der Waals surface area contributed by atoms with Gasteiger partial charge in [0.2, 0.25) is 0 Å². The fourth-order valence-corrected chi connectivity index (χ4v) is 6.15. The first-order valence-electron chi connectivity index (χ1n) is 11.8. The van der Waals surface area contributed by atoms with E-state index in [9.17, 15) is 4.39 Å². The molecule has 0 saturated heterocycles. The van der Waals surface area contributed by atoms with Gasteiger partial charge >= 0.3 is 0 Å². The Morgan fingerprint density at radius 3 is 2.15 bits per heavy atom. The lowest BCUT2D eigenvalue weighted by Crippen LogP contribution is -2.14. The molecule has 1 aliphatic carbocycles. The van der Waals surface area contributed by atoms with Gasteiger partial charge in [-0.05, 0) is 46.5 Å². The monoisotopic (exact) mass is 442 g/mol. The molecule has 0 bridgehead atoms. The van der Waals surface area contributed by atoms with Crippen molar-refractivity contribution in [2.75, 3.05) is 0 Å². The molecule has 7 rings (SSSR count). The van der Waals surface area contributed by atoms with Crippen LogP contribution in [-0.4, -0.2) is 9.97 Å². The Bertz CT molecular complexity index is 1640. The lowest BCUT2D eigenvalue weighted by molar-refractivity contribution is 0.584. The Hall–Kier alpha value is -4.11. The van der Waals surface area contributed by atoms with Crippen molar-refractivity contribution in [1.82, 2.24) is 9.97 Å². The quantitative estimate of drug-likeness (QED) is 0.280. The van der Waals surface area contributed by atoms with Gasteiger partial charge in [0.25, 0.3) is 0 Å². The highest BCUT2D eigenvalue weighted by molar-refractivity contribution is 5.90. The molecule has 6 aromatic rings. The largest absolute Gasteiger partial charge is 0.361 e. The van der Waals surface area contributed by atoms with E-state index in [0.717, 1.165) is 16.6 Å². The predicted octanol–water partition coefficient (Wildman–Crippen LogP) is 7.85. The van der Waals surface area contributed by atoms with E-state index in [1.165, 1.54) is 39.2 Å². The first kappa shape index (κ1) is 19.4. The highest BCUT2D eigenvalue weighted by atomic mass is 19.1. The van der Waals surface area contributed by atoms with Gasteiger partial charge in [-0.25, -0.2) is 4.39 Å². The summed E-state index contributed by atoms with van der Waals surface area (Å²) in [4.78, 5) is 7.28. The topological polar surface area (TPSA) is 31.6 Å². The van der Waals surface area contributed by atoms with Crippen LogP contribution < -0.4 is 0 Å². The van der Waals surface area contributed by atoms with Crippen molar-refractivity contribution in [2.24, 2.45) is 0 Å². The molecule has 0 aliphatic heterocycles. The fraction of sp³-hybridized carbons (Fsp3) is 0.0968. The van der Waals surface area contributed by atoms with Crippen LogP contribution >= 0.6 is 0 Å². The molecule has 0 saturated carbocycles. The molecule has 2 N–H and O–H groups in total. The summed E-state index contributed by atoms with van der Waals surface area (Å²) in [6.07, 6.45) is 2.16. The van der Waals surface area contributed by atoms with E-state index in [-0.39, 0.29) is 23.6 Å². The number of fused-ring (bicyclic) bond motifs is 4. The minimum Gasteiger partial charge on any atom is -0.361 e. The molecule has 0 amide bonds. The van der Waals surface area contributed by atoms with Crippen molar-refractivity contribution in [3.8, 4) is 0 Å². The normalized spacial score (nSPS) is 19.6. The minimum absolute atomic E-state index is 0.0305. The lowest BCUT2D eigenvalue weighted by Gasteiger charge is -2.27. The van der Waals surface area contributed by atoms with Crippen molar-refractivity contribution in [1.29, 1.82) is 0 Å². The molecule has 164 valence electrons. The van der Waals surface area contributed by atoms with Gasteiger partial charge < -0.3 is 9.97 Å². The predicted molar refractivity (Wildman–Crippen MR) is 136 cm³/mol. The second-order valence-electron chi connectivity index (χ2n) is 9.23. The summed E-state index contributed by atoms with van der Waals surface area (Å²) in [6, 6.07) is 34.8. The average molecular weight is 443 g/mol. The summed E-state index contributed by atoms with van der Waals surface area (Å²) < 4.78 is 14.5. The highest BCUT2D eigenvalue weighted by Gasteiger charge is 2.46. The number of benzene rings is 4. The summed E-state index contributed by atoms with van der Waals surface area (Å²) in [5, 5.41) is 2.45. The van der Waals surface area contributed by atoms with Crippen LogP contribution in [0, 0.1) is 5.82 Å². The molecular formula is C31H23FN2. The molecule has 3 heteroatoms. The Morgan fingerprint density at radius 2 is 1.32 bits per heavy atom. The molecule has 1 aliphatic rings. The Balaban J connectivity index is 1.57. The molecule has 3 atom stereocenters.